The van der Waals surface area contributed by atoms with Gasteiger partial charge in [-0.25, -0.2) is 27.1 Å². The van der Waals surface area contributed by atoms with Gasteiger partial charge < -0.3 is 20.1 Å². The normalized spacial score (nSPS) is 17.0. The first kappa shape index (κ1) is 26.8. The second-order valence-corrected chi connectivity index (χ2v) is 9.28. The lowest BCUT2D eigenvalue weighted by Crippen LogP contribution is -2.40. The Bertz CT molecular complexity index is 1660. The number of pyridine rings is 1. The summed E-state index contributed by atoms with van der Waals surface area (Å²) in [6, 6.07) is 7.70. The second-order valence-electron chi connectivity index (χ2n) is 9.28. The van der Waals surface area contributed by atoms with E-state index in [1.165, 1.54) is 36.1 Å². The molecule has 0 spiro atoms. The van der Waals surface area contributed by atoms with Gasteiger partial charge in [-0.15, -0.1) is 5.10 Å². The fourth-order valence-corrected chi connectivity index (χ4v) is 4.72. The van der Waals surface area contributed by atoms with Crippen LogP contribution in [0.5, 0.6) is 0 Å². The van der Waals surface area contributed by atoms with Gasteiger partial charge in [-0.1, -0.05) is 0 Å². The standard InChI is InChI=1S/C26H23F4N7O3/c1-35-8-2-3-16(26(35)40)24(38)33-15-10-19(17-9-14(27)4-5-18(17)28)36(13-15)23-7-6-22-31-11-20(37(22)34-23)25(39)32-12-21(29)30/h2-9,11,15,19,21H,10,12-13H2,1H3,(H,32,39)(H,33,38)/t15-,19+/m0/s1. The quantitative estimate of drug-likeness (QED) is 0.338. The van der Waals surface area contributed by atoms with Crippen molar-refractivity contribution in [1.82, 2.24) is 29.8 Å². The number of fused-ring (bicyclic) bond motifs is 1. The van der Waals surface area contributed by atoms with Gasteiger partial charge in [-0.2, -0.15) is 0 Å². The summed E-state index contributed by atoms with van der Waals surface area (Å²) in [5.41, 5.74) is -0.394. The number of imidazole rings is 1. The van der Waals surface area contributed by atoms with Crippen molar-refractivity contribution in [1.29, 1.82) is 0 Å². The molecule has 1 aliphatic heterocycles. The topological polar surface area (TPSA) is 114 Å². The van der Waals surface area contributed by atoms with E-state index in [-0.39, 0.29) is 41.3 Å². The lowest BCUT2D eigenvalue weighted by molar-refractivity contribution is 0.0884. The highest BCUT2D eigenvalue weighted by Crippen LogP contribution is 2.37. The van der Waals surface area contributed by atoms with Crippen LogP contribution in [0.1, 0.15) is 38.9 Å². The van der Waals surface area contributed by atoms with E-state index < -0.39 is 54.1 Å². The van der Waals surface area contributed by atoms with Crippen LogP contribution < -0.4 is 21.1 Å². The smallest absolute Gasteiger partial charge is 0.271 e. The Kier molecular flexibility index (Phi) is 7.24. The summed E-state index contributed by atoms with van der Waals surface area (Å²) in [5.74, 6) is -2.54. The monoisotopic (exact) mass is 557 g/mol. The van der Waals surface area contributed by atoms with E-state index in [9.17, 15) is 31.9 Å². The van der Waals surface area contributed by atoms with Gasteiger partial charge in [0.05, 0.1) is 18.8 Å². The number of benzene rings is 1. The summed E-state index contributed by atoms with van der Waals surface area (Å²) in [7, 11) is 1.51. The van der Waals surface area contributed by atoms with E-state index >= 15 is 0 Å². The Morgan fingerprint density at radius 2 is 1.93 bits per heavy atom. The van der Waals surface area contributed by atoms with Crippen molar-refractivity contribution >= 4 is 23.3 Å². The van der Waals surface area contributed by atoms with E-state index in [4.69, 9.17) is 0 Å². The van der Waals surface area contributed by atoms with E-state index in [1.54, 1.807) is 17.0 Å². The number of carbonyl (C=O) groups excluding carboxylic acids is 2. The predicted octanol–water partition coefficient (Wildman–Crippen LogP) is 2.45. The molecule has 4 heterocycles. The third-order valence-corrected chi connectivity index (χ3v) is 6.61. The zero-order valence-electron chi connectivity index (χ0n) is 21.0. The number of amides is 2. The first-order valence-electron chi connectivity index (χ1n) is 12.2. The summed E-state index contributed by atoms with van der Waals surface area (Å²) in [5, 5.41) is 9.33. The average Bonchev–Trinajstić information content (AvgIpc) is 3.54. The fourth-order valence-electron chi connectivity index (χ4n) is 4.72. The molecular weight excluding hydrogens is 534 g/mol. The van der Waals surface area contributed by atoms with Crippen LogP contribution in [0.15, 0.2) is 59.7 Å². The molecule has 1 fully saturated rings. The largest absolute Gasteiger partial charge is 0.347 e. The molecular formula is C26H23F4N7O3. The van der Waals surface area contributed by atoms with Gasteiger partial charge in [0, 0.05) is 31.4 Å². The minimum atomic E-state index is -2.75. The van der Waals surface area contributed by atoms with Gasteiger partial charge in [0.2, 0.25) is 0 Å². The Balaban J connectivity index is 1.49. The minimum Gasteiger partial charge on any atom is -0.347 e. The summed E-state index contributed by atoms with van der Waals surface area (Å²) >= 11 is 0. The summed E-state index contributed by atoms with van der Waals surface area (Å²) < 4.78 is 56.7. The molecule has 0 bridgehead atoms. The zero-order valence-corrected chi connectivity index (χ0v) is 21.0. The molecule has 208 valence electrons. The highest BCUT2D eigenvalue weighted by atomic mass is 19.3. The highest BCUT2D eigenvalue weighted by molar-refractivity contribution is 5.94. The minimum absolute atomic E-state index is 0.0230. The van der Waals surface area contributed by atoms with Crippen molar-refractivity contribution in [3.63, 3.8) is 0 Å². The molecule has 0 saturated carbocycles. The maximum atomic E-state index is 14.9. The number of aromatic nitrogens is 4. The average molecular weight is 558 g/mol. The molecule has 0 aliphatic carbocycles. The first-order valence-corrected chi connectivity index (χ1v) is 12.2. The van der Waals surface area contributed by atoms with Crippen LogP contribution in [-0.4, -0.2) is 56.5 Å². The van der Waals surface area contributed by atoms with Gasteiger partial charge in [0.15, 0.2) is 11.3 Å². The van der Waals surface area contributed by atoms with E-state index in [1.807, 2.05) is 0 Å². The third-order valence-electron chi connectivity index (χ3n) is 6.61. The maximum Gasteiger partial charge on any atom is 0.271 e. The Morgan fingerprint density at radius 1 is 1.12 bits per heavy atom. The van der Waals surface area contributed by atoms with Crippen molar-refractivity contribution < 1.29 is 27.2 Å². The molecule has 1 saturated heterocycles. The molecule has 2 atom stereocenters. The predicted molar refractivity (Wildman–Crippen MR) is 135 cm³/mol. The Labute approximate surface area is 224 Å². The fraction of sp³-hybridized carbons (Fsp3) is 0.269. The Hall–Kier alpha value is -4.75. The van der Waals surface area contributed by atoms with Crippen molar-refractivity contribution in [2.24, 2.45) is 7.05 Å². The Morgan fingerprint density at radius 3 is 2.70 bits per heavy atom. The zero-order chi connectivity index (χ0) is 28.6. The van der Waals surface area contributed by atoms with Crippen LogP contribution in [0, 0.1) is 11.6 Å². The van der Waals surface area contributed by atoms with E-state index in [0.717, 1.165) is 22.7 Å². The number of halogens is 4. The van der Waals surface area contributed by atoms with Gasteiger partial charge >= 0.3 is 0 Å². The second kappa shape index (κ2) is 10.8. The van der Waals surface area contributed by atoms with Crippen molar-refractivity contribution in [3.05, 3.63) is 93.7 Å². The summed E-state index contributed by atoms with van der Waals surface area (Å²) in [4.78, 5) is 43.5. The lowest BCUT2D eigenvalue weighted by Gasteiger charge is -2.26. The molecule has 10 nitrogen and oxygen atoms in total. The van der Waals surface area contributed by atoms with Gasteiger partial charge in [-0.05, 0) is 48.9 Å². The maximum absolute atomic E-state index is 14.9. The molecule has 40 heavy (non-hydrogen) atoms. The van der Waals surface area contributed by atoms with Gasteiger partial charge in [-0.3, -0.25) is 14.4 Å². The number of rotatable bonds is 7. The van der Waals surface area contributed by atoms with Crippen LogP contribution in [-0.2, 0) is 7.05 Å². The lowest BCUT2D eigenvalue weighted by atomic mass is 10.0. The van der Waals surface area contributed by atoms with Crippen LogP contribution in [0.25, 0.3) is 5.65 Å². The molecule has 5 rings (SSSR count). The molecule has 2 amide bonds. The molecule has 0 unspecified atom stereocenters. The number of carbonyl (C=O) groups is 2. The molecule has 4 aromatic rings. The van der Waals surface area contributed by atoms with Crippen LogP contribution in [0.3, 0.4) is 0 Å². The van der Waals surface area contributed by atoms with Crippen LogP contribution in [0.4, 0.5) is 23.4 Å². The third kappa shape index (κ3) is 5.24. The van der Waals surface area contributed by atoms with E-state index in [2.05, 4.69) is 20.7 Å². The SMILES string of the molecule is Cn1cccc(C(=O)N[C@H]2C[C@H](c3cc(F)ccc3F)N(c3ccc4ncc(C(=O)NCC(F)F)n4n3)C2)c1=O. The number of aryl methyl sites for hydroxylation is 1. The molecule has 14 heteroatoms. The van der Waals surface area contributed by atoms with Gasteiger partial charge in [0.25, 0.3) is 23.8 Å². The summed E-state index contributed by atoms with van der Waals surface area (Å²) in [6.45, 7) is -0.760. The van der Waals surface area contributed by atoms with Crippen LogP contribution in [0.2, 0.25) is 0 Å². The number of nitrogens with zero attached hydrogens (tertiary/aromatic N) is 5. The van der Waals surface area contributed by atoms with Crippen LogP contribution >= 0.6 is 0 Å². The summed E-state index contributed by atoms with van der Waals surface area (Å²) in [6.07, 6.45) is 0.0924. The molecule has 1 aliphatic rings. The number of nitrogens with one attached hydrogen (secondary N) is 2. The molecule has 2 N–H and O–H groups in total. The number of alkyl halides is 2. The number of hydrogen-bond acceptors (Lipinski definition) is 6. The van der Waals surface area contributed by atoms with E-state index in [0.29, 0.717) is 0 Å². The van der Waals surface area contributed by atoms with Crippen molar-refractivity contribution in [2.75, 3.05) is 18.0 Å². The van der Waals surface area contributed by atoms with Crippen molar-refractivity contribution in [2.45, 2.75) is 24.9 Å². The first-order chi connectivity index (χ1) is 19.1. The molecule has 1 aromatic carbocycles. The molecule has 0 radical (unpaired) electrons. The van der Waals surface area contributed by atoms with Gasteiger partial charge in [0.1, 0.15) is 23.0 Å². The highest BCUT2D eigenvalue weighted by Gasteiger charge is 2.37. The van der Waals surface area contributed by atoms with Crippen molar-refractivity contribution in [3.8, 4) is 0 Å². The molecule has 3 aromatic heterocycles. The number of anilines is 1. The number of hydrogen-bond donors (Lipinski definition) is 2.